The summed E-state index contributed by atoms with van der Waals surface area (Å²) in [5.74, 6) is 0.378. The van der Waals surface area contributed by atoms with Gasteiger partial charge in [-0.2, -0.15) is 0 Å². The van der Waals surface area contributed by atoms with Crippen molar-refractivity contribution in [2.24, 2.45) is 0 Å². The summed E-state index contributed by atoms with van der Waals surface area (Å²) in [5.41, 5.74) is 9.79. The number of carbonyl (C=O) groups excluding carboxylic acids is 1. The van der Waals surface area contributed by atoms with Crippen molar-refractivity contribution in [2.75, 3.05) is 12.3 Å². The zero-order valence-electron chi connectivity index (χ0n) is 15.8. The van der Waals surface area contributed by atoms with Crippen LogP contribution in [0.4, 0.5) is 5.95 Å². The van der Waals surface area contributed by atoms with Gasteiger partial charge >= 0.3 is 0 Å². The van der Waals surface area contributed by atoms with Gasteiger partial charge in [0, 0.05) is 18.3 Å². The van der Waals surface area contributed by atoms with Crippen molar-refractivity contribution in [1.29, 1.82) is 0 Å². The fourth-order valence-electron chi connectivity index (χ4n) is 3.89. The van der Waals surface area contributed by atoms with Crippen LogP contribution in [0.2, 0.25) is 0 Å². The minimum absolute atomic E-state index is 0.0783. The summed E-state index contributed by atoms with van der Waals surface area (Å²) in [5, 5.41) is 0. The highest BCUT2D eigenvalue weighted by atomic mass is 16.2. The van der Waals surface area contributed by atoms with Gasteiger partial charge in [-0.15, -0.1) is 0 Å². The van der Waals surface area contributed by atoms with E-state index in [2.05, 4.69) is 9.97 Å². The smallest absolute Gasteiger partial charge is 0.227 e. The molecule has 0 radical (unpaired) electrons. The lowest BCUT2D eigenvalue weighted by Gasteiger charge is -2.36. The van der Waals surface area contributed by atoms with Crippen LogP contribution in [0, 0.1) is 0 Å². The standard InChI is InChI=1S/C23H24N4O/c24-23-25-16-19(18-11-5-2-6-12-18)22(26-23)20-13-7-8-14-27(20)21(28)15-17-9-3-1-4-10-17/h1-6,9-12,16,20H,7-8,13-15H2,(H2,24,25,26). The molecule has 142 valence electrons. The molecule has 2 N–H and O–H groups in total. The van der Waals surface area contributed by atoms with E-state index in [1.54, 1.807) is 6.20 Å². The lowest BCUT2D eigenvalue weighted by atomic mass is 9.93. The van der Waals surface area contributed by atoms with E-state index >= 15 is 0 Å². The molecule has 1 amide bonds. The number of carbonyl (C=O) groups is 1. The summed E-state index contributed by atoms with van der Waals surface area (Å²) in [4.78, 5) is 23.9. The van der Waals surface area contributed by atoms with E-state index in [1.807, 2.05) is 65.6 Å². The number of anilines is 1. The maximum absolute atomic E-state index is 13.1. The minimum atomic E-state index is -0.0783. The molecule has 1 unspecified atom stereocenters. The van der Waals surface area contributed by atoms with Gasteiger partial charge in [0.1, 0.15) is 0 Å². The molecule has 2 aromatic carbocycles. The second kappa shape index (κ2) is 8.21. The summed E-state index contributed by atoms with van der Waals surface area (Å²) in [6, 6.07) is 19.9. The molecule has 1 atom stereocenters. The average molecular weight is 372 g/mol. The van der Waals surface area contributed by atoms with Crippen LogP contribution in [0.25, 0.3) is 11.1 Å². The Balaban J connectivity index is 1.68. The van der Waals surface area contributed by atoms with E-state index < -0.39 is 0 Å². The lowest BCUT2D eigenvalue weighted by Crippen LogP contribution is -2.40. The van der Waals surface area contributed by atoms with E-state index in [1.165, 1.54) is 0 Å². The maximum Gasteiger partial charge on any atom is 0.227 e. The van der Waals surface area contributed by atoms with Crippen molar-refractivity contribution in [1.82, 2.24) is 14.9 Å². The molecule has 0 spiro atoms. The summed E-state index contributed by atoms with van der Waals surface area (Å²) >= 11 is 0. The predicted molar refractivity (Wildman–Crippen MR) is 110 cm³/mol. The molecule has 5 heteroatoms. The Morgan fingerprint density at radius 2 is 1.75 bits per heavy atom. The van der Waals surface area contributed by atoms with E-state index in [0.29, 0.717) is 6.42 Å². The van der Waals surface area contributed by atoms with Gasteiger partial charge in [-0.05, 0) is 30.4 Å². The first-order chi connectivity index (χ1) is 13.7. The summed E-state index contributed by atoms with van der Waals surface area (Å²) in [6.45, 7) is 0.745. The molecule has 2 heterocycles. The Kier molecular flexibility index (Phi) is 5.33. The number of amides is 1. The summed E-state index contributed by atoms with van der Waals surface area (Å²) < 4.78 is 0. The largest absolute Gasteiger partial charge is 0.368 e. The number of nitrogen functional groups attached to an aromatic ring is 1. The molecule has 0 bridgehead atoms. The third-order valence-electron chi connectivity index (χ3n) is 5.26. The fraction of sp³-hybridized carbons (Fsp3) is 0.261. The van der Waals surface area contributed by atoms with Gasteiger partial charge in [0.15, 0.2) is 0 Å². The number of hydrogen-bond acceptors (Lipinski definition) is 4. The number of aromatic nitrogens is 2. The Morgan fingerprint density at radius 3 is 2.50 bits per heavy atom. The van der Waals surface area contributed by atoms with Crippen molar-refractivity contribution in [3.63, 3.8) is 0 Å². The quantitative estimate of drug-likeness (QED) is 0.751. The highest BCUT2D eigenvalue weighted by Gasteiger charge is 2.31. The van der Waals surface area contributed by atoms with Gasteiger partial charge in [-0.1, -0.05) is 60.7 Å². The van der Waals surface area contributed by atoms with Crippen LogP contribution in [0.1, 0.15) is 36.6 Å². The van der Waals surface area contributed by atoms with Crippen molar-refractivity contribution in [3.05, 3.63) is 78.1 Å². The van der Waals surface area contributed by atoms with Gasteiger partial charge in [0.05, 0.1) is 18.2 Å². The van der Waals surface area contributed by atoms with Crippen molar-refractivity contribution < 1.29 is 4.79 Å². The Hall–Kier alpha value is -3.21. The molecule has 1 aromatic heterocycles. The molecule has 1 saturated heterocycles. The van der Waals surface area contributed by atoms with Crippen LogP contribution in [0.5, 0.6) is 0 Å². The zero-order valence-corrected chi connectivity index (χ0v) is 15.8. The average Bonchev–Trinajstić information content (AvgIpc) is 2.75. The molecule has 1 aliphatic rings. The highest BCUT2D eigenvalue weighted by Crippen LogP contribution is 2.36. The predicted octanol–water partition coefficient (Wildman–Crippen LogP) is 4.02. The summed E-state index contributed by atoms with van der Waals surface area (Å²) in [7, 11) is 0. The van der Waals surface area contributed by atoms with Crippen LogP contribution in [-0.4, -0.2) is 27.3 Å². The van der Waals surface area contributed by atoms with Gasteiger partial charge in [0.25, 0.3) is 0 Å². The Labute approximate surface area is 165 Å². The molecule has 28 heavy (non-hydrogen) atoms. The zero-order chi connectivity index (χ0) is 19.3. The normalized spacial score (nSPS) is 16.7. The summed E-state index contributed by atoms with van der Waals surface area (Å²) in [6.07, 6.45) is 5.15. The van der Waals surface area contributed by atoms with E-state index in [0.717, 1.165) is 48.2 Å². The number of hydrogen-bond donors (Lipinski definition) is 1. The van der Waals surface area contributed by atoms with E-state index in [-0.39, 0.29) is 17.9 Å². The molecule has 1 fully saturated rings. The molecular weight excluding hydrogens is 348 g/mol. The topological polar surface area (TPSA) is 72.1 Å². The maximum atomic E-state index is 13.1. The monoisotopic (exact) mass is 372 g/mol. The molecule has 5 nitrogen and oxygen atoms in total. The minimum Gasteiger partial charge on any atom is -0.368 e. The van der Waals surface area contributed by atoms with Gasteiger partial charge < -0.3 is 10.6 Å². The van der Waals surface area contributed by atoms with E-state index in [9.17, 15) is 4.79 Å². The highest BCUT2D eigenvalue weighted by molar-refractivity contribution is 5.80. The fourth-order valence-corrected chi connectivity index (χ4v) is 3.89. The second-order valence-electron chi connectivity index (χ2n) is 7.15. The second-order valence-corrected chi connectivity index (χ2v) is 7.15. The molecule has 4 rings (SSSR count). The van der Waals surface area contributed by atoms with Crippen LogP contribution in [0.15, 0.2) is 66.9 Å². The van der Waals surface area contributed by atoms with Crippen molar-refractivity contribution >= 4 is 11.9 Å². The van der Waals surface area contributed by atoms with Crippen molar-refractivity contribution in [3.8, 4) is 11.1 Å². The van der Waals surface area contributed by atoms with Crippen LogP contribution in [-0.2, 0) is 11.2 Å². The van der Waals surface area contributed by atoms with Crippen LogP contribution < -0.4 is 5.73 Å². The van der Waals surface area contributed by atoms with Gasteiger partial charge in [0.2, 0.25) is 11.9 Å². The first-order valence-electron chi connectivity index (χ1n) is 9.73. The van der Waals surface area contributed by atoms with E-state index in [4.69, 9.17) is 5.73 Å². The van der Waals surface area contributed by atoms with Gasteiger partial charge in [-0.25, -0.2) is 9.97 Å². The molecule has 3 aromatic rings. The number of piperidine rings is 1. The Bertz CT molecular complexity index is 943. The third-order valence-corrected chi connectivity index (χ3v) is 5.26. The lowest BCUT2D eigenvalue weighted by molar-refractivity contribution is -0.134. The number of benzene rings is 2. The molecular formula is C23H24N4O. The third kappa shape index (κ3) is 3.88. The Morgan fingerprint density at radius 1 is 1.04 bits per heavy atom. The first-order valence-corrected chi connectivity index (χ1v) is 9.73. The molecule has 0 aliphatic carbocycles. The first kappa shape index (κ1) is 18.2. The van der Waals surface area contributed by atoms with Crippen LogP contribution >= 0.6 is 0 Å². The van der Waals surface area contributed by atoms with Crippen molar-refractivity contribution in [2.45, 2.75) is 31.7 Å². The number of likely N-dealkylation sites (tertiary alicyclic amines) is 1. The van der Waals surface area contributed by atoms with Crippen LogP contribution in [0.3, 0.4) is 0 Å². The number of nitrogens with zero attached hydrogens (tertiary/aromatic N) is 3. The SMILES string of the molecule is Nc1ncc(-c2ccccc2)c(C2CCCCN2C(=O)Cc2ccccc2)n1. The van der Waals surface area contributed by atoms with Gasteiger partial charge in [-0.3, -0.25) is 4.79 Å². The molecule has 0 saturated carbocycles. The molecule has 1 aliphatic heterocycles. The number of nitrogens with two attached hydrogens (primary N) is 1. The number of rotatable bonds is 4.